The third-order valence-electron chi connectivity index (χ3n) is 14.6. The summed E-state index contributed by atoms with van der Waals surface area (Å²) in [6.07, 6.45) is 8.54. The van der Waals surface area contributed by atoms with Gasteiger partial charge in [-0.15, -0.1) is 22.1 Å². The van der Waals surface area contributed by atoms with Crippen molar-refractivity contribution < 1.29 is 24.0 Å². The summed E-state index contributed by atoms with van der Waals surface area (Å²) in [6.45, 7) is 37.6. The second-order valence-corrected chi connectivity index (χ2v) is 27.5. The second-order valence-electron chi connectivity index (χ2n) is 22.8. The van der Waals surface area contributed by atoms with Crippen molar-refractivity contribution >= 4 is 60.4 Å². The molecule has 2 aliphatic heterocycles. The van der Waals surface area contributed by atoms with E-state index in [1.165, 1.54) is 50.1 Å². The van der Waals surface area contributed by atoms with Crippen molar-refractivity contribution in [3.8, 4) is 45.2 Å². The van der Waals surface area contributed by atoms with Gasteiger partial charge in [-0.2, -0.15) is 0 Å². The minimum absolute atomic E-state index is 0. The van der Waals surface area contributed by atoms with E-state index >= 15 is 0 Å². The number of benzene rings is 4. The van der Waals surface area contributed by atoms with Gasteiger partial charge in [0.25, 0.3) is 0 Å². The van der Waals surface area contributed by atoms with Crippen LogP contribution in [-0.4, -0.2) is 23.8 Å². The molecule has 0 fully saturated rings. The first-order valence-electron chi connectivity index (χ1n) is 25.3. The number of hydrogen-bond donors (Lipinski definition) is 0. The number of fused-ring (bicyclic) bond motifs is 8. The number of hydroxylamine groups is 1. The average Bonchev–Trinajstić information content (AvgIpc) is 4.12. The van der Waals surface area contributed by atoms with Crippen LogP contribution in [0.4, 0.5) is 5.69 Å². The number of aromatic nitrogens is 4. The SMILES string of the molecule is Cc1cc(C)c(-c2c3nc(c(-c4c(C)cc(C)cc4C)c4ccc([n-]4)c(-c4c(C)cc(C)cc4C)c4nc(c(C#Cc5ccc(N(O[Si](C)(C)C(C)(C)C)C(C)(C)C)cc5)c5ccc2[n-]5)C=C4)C=C3)c(C)c1.[Zn+2]. The van der Waals surface area contributed by atoms with Gasteiger partial charge in [0.05, 0.1) is 34.0 Å². The molecule has 9 rings (SSSR count). The summed E-state index contributed by atoms with van der Waals surface area (Å²) in [5.41, 5.74) is 26.0. The molecule has 73 heavy (non-hydrogen) atoms. The van der Waals surface area contributed by atoms with Gasteiger partial charge >= 0.3 is 19.5 Å². The van der Waals surface area contributed by atoms with Crippen molar-refractivity contribution in [3.63, 3.8) is 0 Å². The van der Waals surface area contributed by atoms with Crippen LogP contribution in [-0.2, 0) is 24.0 Å². The van der Waals surface area contributed by atoms with E-state index in [9.17, 15) is 0 Å². The molecule has 5 heterocycles. The van der Waals surface area contributed by atoms with E-state index < -0.39 is 8.32 Å². The topological polar surface area (TPSA) is 66.5 Å². The van der Waals surface area contributed by atoms with E-state index in [2.05, 4.69) is 243 Å². The van der Waals surface area contributed by atoms with Crippen LogP contribution >= 0.6 is 0 Å². The smallest absolute Gasteiger partial charge is 0.657 e. The molecule has 8 bridgehead atoms. The third kappa shape index (κ3) is 10.3. The van der Waals surface area contributed by atoms with Crippen LogP contribution in [0.2, 0.25) is 18.1 Å². The molecule has 0 saturated carbocycles. The van der Waals surface area contributed by atoms with Gasteiger partial charge in [-0.1, -0.05) is 110 Å². The summed E-state index contributed by atoms with van der Waals surface area (Å²) >= 11 is 0. The Morgan fingerprint density at radius 2 is 0.795 bits per heavy atom. The monoisotopic (exact) mass is 1030 g/mol. The normalized spacial score (nSPS) is 12.5. The van der Waals surface area contributed by atoms with E-state index in [1.807, 2.05) is 0 Å². The molecule has 0 N–H and O–H groups in total. The maximum atomic E-state index is 6.96. The summed E-state index contributed by atoms with van der Waals surface area (Å²) in [4.78, 5) is 22.2. The summed E-state index contributed by atoms with van der Waals surface area (Å²) in [5, 5.41) is 2.14. The second kappa shape index (κ2) is 19.8. The van der Waals surface area contributed by atoms with Gasteiger partial charge < -0.3 is 14.5 Å². The molecular weight excluding hydrogens is 960 g/mol. The molecule has 0 spiro atoms. The molecule has 0 atom stereocenters. The van der Waals surface area contributed by atoms with Crippen LogP contribution in [0.5, 0.6) is 0 Å². The fraction of sp³-hybridized carbons (Fsp3) is 0.292. The van der Waals surface area contributed by atoms with Gasteiger partial charge in [0.15, 0.2) is 0 Å². The third-order valence-corrected chi connectivity index (χ3v) is 18.8. The molecule has 0 radical (unpaired) electrons. The average molecular weight is 1030 g/mol. The first-order valence-corrected chi connectivity index (χ1v) is 28.2. The van der Waals surface area contributed by atoms with Crippen LogP contribution in [0.25, 0.3) is 79.8 Å². The predicted octanol–water partition coefficient (Wildman–Crippen LogP) is 16.6. The largest absolute Gasteiger partial charge is 2.00 e. The van der Waals surface area contributed by atoms with Crippen molar-refractivity contribution in [2.24, 2.45) is 0 Å². The molecule has 0 aliphatic carbocycles. The standard InChI is InChI=1S/C65H69N5OSi.Zn/c1-38-32-41(4)58(42(5)33-38)61-52-26-24-50(66-52)49(23-20-47-18-21-48(22-19-47)70(64(10,11)12)71-72(16,17)65(13,14)15)51-25-27-53(67-51)62(59-43(6)34-39(2)35-44(59)7)55-29-31-57(69-55)63(56-30-28-54(61)68-56)60-45(8)36-40(3)37-46(60)9;/h18-19,21-22,24-37H,1-17H3;/q-2;+2. The van der Waals surface area contributed by atoms with E-state index in [-0.39, 0.29) is 30.1 Å². The minimum atomic E-state index is -2.14. The maximum absolute atomic E-state index is 6.96. The summed E-state index contributed by atoms with van der Waals surface area (Å²) in [6, 6.07) is 30.5. The molecule has 0 saturated heterocycles. The van der Waals surface area contributed by atoms with E-state index in [0.717, 1.165) is 95.0 Å². The quantitative estimate of drug-likeness (QED) is 0.0939. The Morgan fingerprint density at radius 1 is 0.452 bits per heavy atom. The van der Waals surface area contributed by atoms with Crippen molar-refractivity contribution in [2.45, 2.75) is 128 Å². The fourth-order valence-corrected chi connectivity index (χ4v) is 11.6. The summed E-state index contributed by atoms with van der Waals surface area (Å²) in [7, 11) is -2.14. The Labute approximate surface area is 448 Å². The van der Waals surface area contributed by atoms with E-state index in [0.29, 0.717) is 0 Å². The molecule has 0 amide bonds. The molecule has 0 unspecified atom stereocenters. The van der Waals surface area contributed by atoms with Crippen LogP contribution in [0, 0.1) is 74.2 Å². The summed E-state index contributed by atoms with van der Waals surface area (Å²) in [5.74, 6) is 7.18. The van der Waals surface area contributed by atoms with Crippen molar-refractivity contribution in [3.05, 3.63) is 169 Å². The van der Waals surface area contributed by atoms with Gasteiger partial charge in [-0.3, -0.25) is 5.06 Å². The number of aryl methyl sites for hydroxylation is 9. The van der Waals surface area contributed by atoms with Gasteiger partial charge in [0.1, 0.15) is 0 Å². The molecule has 2 aliphatic rings. The van der Waals surface area contributed by atoms with Crippen LogP contribution in [0.3, 0.4) is 0 Å². The van der Waals surface area contributed by atoms with Crippen molar-refractivity contribution in [1.29, 1.82) is 0 Å². The fourth-order valence-electron chi connectivity index (χ4n) is 10.5. The number of rotatable bonds is 6. The Bertz CT molecular complexity index is 3530. The zero-order valence-electron chi connectivity index (χ0n) is 46.2. The number of hydrogen-bond acceptors (Lipinski definition) is 4. The number of anilines is 1. The first kappa shape index (κ1) is 52.9. The van der Waals surface area contributed by atoms with Crippen LogP contribution < -0.4 is 15.0 Å². The Balaban J connectivity index is 0.00000711. The van der Waals surface area contributed by atoms with E-state index in [1.54, 1.807) is 0 Å². The van der Waals surface area contributed by atoms with Crippen LogP contribution in [0.15, 0.2) is 84.9 Å². The minimum Gasteiger partial charge on any atom is -0.657 e. The van der Waals surface area contributed by atoms with Gasteiger partial charge in [-0.05, 0) is 217 Å². The molecule has 366 valence electrons. The van der Waals surface area contributed by atoms with Gasteiger partial charge in [0.2, 0.25) is 8.32 Å². The molecule has 8 heteroatoms. The van der Waals surface area contributed by atoms with E-state index in [4.69, 9.17) is 24.5 Å². The van der Waals surface area contributed by atoms with Crippen molar-refractivity contribution in [1.82, 2.24) is 19.9 Å². The zero-order chi connectivity index (χ0) is 51.8. The molecule has 3 aromatic heterocycles. The van der Waals surface area contributed by atoms with Gasteiger partial charge in [0, 0.05) is 11.1 Å². The summed E-state index contributed by atoms with van der Waals surface area (Å²) < 4.78 is 6.96. The zero-order valence-corrected chi connectivity index (χ0v) is 50.2. The first-order chi connectivity index (χ1) is 33.9. The van der Waals surface area contributed by atoms with Gasteiger partial charge in [-0.25, -0.2) is 9.97 Å². The molecule has 6 nitrogen and oxygen atoms in total. The molecule has 4 aromatic carbocycles. The maximum Gasteiger partial charge on any atom is 2.00 e. The van der Waals surface area contributed by atoms with Crippen LogP contribution in [0.1, 0.15) is 126 Å². The Hall–Kier alpha value is -6.36. The number of nitrogens with zero attached hydrogens (tertiary/aromatic N) is 5. The Morgan fingerprint density at radius 3 is 1.16 bits per heavy atom. The Kier molecular flexibility index (Phi) is 14.4. The predicted molar refractivity (Wildman–Crippen MR) is 309 cm³/mol. The molecular formula is C65H69N5OSiZn. The molecule has 7 aromatic rings. The van der Waals surface area contributed by atoms with Crippen molar-refractivity contribution in [2.75, 3.05) is 5.06 Å².